The topological polar surface area (TPSA) is 135 Å². The van der Waals surface area contributed by atoms with Crippen molar-refractivity contribution in [2.45, 2.75) is 6.54 Å². The van der Waals surface area contributed by atoms with E-state index in [1.54, 1.807) is 37.3 Å². The Morgan fingerprint density at radius 3 is 2.56 bits per heavy atom. The van der Waals surface area contributed by atoms with E-state index in [9.17, 15) is 13.2 Å². The Morgan fingerprint density at radius 2 is 1.91 bits per heavy atom. The second-order valence-electron chi connectivity index (χ2n) is 7.85. The van der Waals surface area contributed by atoms with Crippen LogP contribution in [0.25, 0.3) is 38.6 Å². The molecule has 3 aromatic heterocycles. The van der Waals surface area contributed by atoms with E-state index in [0.29, 0.717) is 22.3 Å². The highest BCUT2D eigenvalue weighted by Gasteiger charge is 2.16. The molecule has 0 saturated heterocycles. The van der Waals surface area contributed by atoms with Gasteiger partial charge < -0.3 is 10.7 Å². The maximum absolute atomic E-state index is 12.9. The number of pyridine rings is 2. The van der Waals surface area contributed by atoms with Crippen LogP contribution in [0, 0.1) is 5.41 Å². The number of fused-ring (bicyclic) bond motifs is 3. The predicted molar refractivity (Wildman–Crippen MR) is 134 cm³/mol. The fraction of sp³-hybridized carbons (Fsp3) is 0.217. The molecule has 1 aromatic carbocycles. The summed E-state index contributed by atoms with van der Waals surface area (Å²) in [5.41, 5.74) is 4.94. The molecule has 4 aromatic rings. The van der Waals surface area contributed by atoms with Crippen LogP contribution in [0.2, 0.25) is 0 Å². The first-order valence-corrected chi connectivity index (χ1v) is 12.4. The Morgan fingerprint density at radius 1 is 1.15 bits per heavy atom. The van der Waals surface area contributed by atoms with E-state index in [4.69, 9.17) is 5.41 Å². The van der Waals surface area contributed by atoms with E-state index < -0.39 is 10.0 Å². The van der Waals surface area contributed by atoms with Crippen LogP contribution in [0.5, 0.6) is 0 Å². The lowest BCUT2D eigenvalue weighted by Gasteiger charge is -2.09. The molecule has 0 unspecified atom stereocenters. The summed E-state index contributed by atoms with van der Waals surface area (Å²) in [5, 5.41) is 11.3. The molecular weight excluding hydrogens is 454 g/mol. The van der Waals surface area contributed by atoms with Crippen molar-refractivity contribution in [3.05, 3.63) is 65.1 Å². The van der Waals surface area contributed by atoms with E-state index in [1.807, 2.05) is 30.3 Å². The summed E-state index contributed by atoms with van der Waals surface area (Å²) in [5.74, 6) is 0. The first kappa shape index (κ1) is 23.3. The number of hydrogen-bond donors (Lipinski definition) is 3. The smallest absolute Gasteiger partial charge is 0.328 e. The number of hydrogen-bond acceptors (Lipinski definition) is 7. The number of sulfonamides is 1. The largest absolute Gasteiger partial charge is 0.393 e. The third-order valence-electron chi connectivity index (χ3n) is 5.52. The van der Waals surface area contributed by atoms with Gasteiger partial charge in [-0.2, -0.15) is 0 Å². The number of nitrogens with one attached hydrogen (secondary N) is 3. The van der Waals surface area contributed by atoms with E-state index in [0.717, 1.165) is 28.3 Å². The standard InChI is InChI=1S/C23H25N7O3S/c1-25-12-17(11-24)19-6-5-16(13-26-19)15-4-7-20-18(10-15)22-21(14-27-20)29(2)23(31)30(22)9-8-28-34(3,32)33/h4-7,10-14,24-25,28H,8-9H2,1-3H3/b17-12+,24-11?. The van der Waals surface area contributed by atoms with Crippen molar-refractivity contribution in [3.63, 3.8) is 0 Å². The van der Waals surface area contributed by atoms with Gasteiger partial charge in [0.25, 0.3) is 0 Å². The Hall–Kier alpha value is -3.83. The molecule has 0 saturated carbocycles. The van der Waals surface area contributed by atoms with Gasteiger partial charge in [0.1, 0.15) is 0 Å². The van der Waals surface area contributed by atoms with E-state index in [-0.39, 0.29) is 18.8 Å². The molecule has 3 heterocycles. The molecule has 0 spiro atoms. The molecule has 0 aliphatic carbocycles. The molecule has 34 heavy (non-hydrogen) atoms. The van der Waals surface area contributed by atoms with Crippen molar-refractivity contribution in [1.29, 1.82) is 5.41 Å². The Labute approximate surface area is 196 Å². The van der Waals surface area contributed by atoms with E-state index in [1.165, 1.54) is 10.8 Å². The summed E-state index contributed by atoms with van der Waals surface area (Å²) in [4.78, 5) is 21.9. The van der Waals surface area contributed by atoms with Gasteiger partial charge in [-0.05, 0) is 23.8 Å². The van der Waals surface area contributed by atoms with Gasteiger partial charge in [0.15, 0.2) is 0 Å². The summed E-state index contributed by atoms with van der Waals surface area (Å²) in [6, 6.07) is 9.57. The van der Waals surface area contributed by atoms with Crippen LogP contribution < -0.4 is 15.7 Å². The minimum absolute atomic E-state index is 0.0994. The van der Waals surface area contributed by atoms with Crippen molar-refractivity contribution >= 4 is 43.7 Å². The van der Waals surface area contributed by atoms with Gasteiger partial charge in [-0.15, -0.1) is 0 Å². The molecule has 0 bridgehead atoms. The van der Waals surface area contributed by atoms with Crippen LogP contribution in [0.4, 0.5) is 0 Å². The molecule has 0 aliphatic rings. The minimum atomic E-state index is -3.37. The molecule has 176 valence electrons. The highest BCUT2D eigenvalue weighted by molar-refractivity contribution is 7.88. The molecule has 10 nitrogen and oxygen atoms in total. The zero-order valence-electron chi connectivity index (χ0n) is 19.0. The maximum Gasteiger partial charge on any atom is 0.328 e. The molecule has 11 heteroatoms. The fourth-order valence-electron chi connectivity index (χ4n) is 3.89. The zero-order valence-corrected chi connectivity index (χ0v) is 19.8. The fourth-order valence-corrected chi connectivity index (χ4v) is 4.35. The number of aromatic nitrogens is 4. The summed E-state index contributed by atoms with van der Waals surface area (Å²) < 4.78 is 28.5. The molecule has 0 radical (unpaired) electrons. The first-order valence-electron chi connectivity index (χ1n) is 10.5. The highest BCUT2D eigenvalue weighted by Crippen LogP contribution is 2.28. The van der Waals surface area contributed by atoms with E-state index in [2.05, 4.69) is 20.0 Å². The first-order chi connectivity index (χ1) is 16.2. The van der Waals surface area contributed by atoms with Crippen molar-refractivity contribution in [2.24, 2.45) is 7.05 Å². The monoisotopic (exact) mass is 479 g/mol. The SMILES string of the molecule is CN/C=C(\C=N)c1ccc(-c2ccc3ncc4c(c3c2)n(CCNS(C)(=O)=O)c(=O)n4C)cn1. The van der Waals surface area contributed by atoms with Gasteiger partial charge in [-0.3, -0.25) is 19.1 Å². The summed E-state index contributed by atoms with van der Waals surface area (Å²) in [6.07, 6.45) is 7.43. The maximum atomic E-state index is 12.9. The molecule has 0 amide bonds. The van der Waals surface area contributed by atoms with Crippen LogP contribution in [-0.2, 0) is 23.6 Å². The number of aryl methyl sites for hydroxylation is 1. The van der Waals surface area contributed by atoms with Crippen molar-refractivity contribution < 1.29 is 8.42 Å². The molecule has 0 fully saturated rings. The van der Waals surface area contributed by atoms with Crippen LogP contribution in [-0.4, -0.2) is 53.6 Å². The molecular formula is C23H25N7O3S. The Bertz CT molecular complexity index is 1580. The average Bonchev–Trinajstić information content (AvgIpc) is 3.06. The van der Waals surface area contributed by atoms with Gasteiger partial charge in [0.2, 0.25) is 10.0 Å². The summed E-state index contributed by atoms with van der Waals surface area (Å²) >= 11 is 0. The lowest BCUT2D eigenvalue weighted by molar-refractivity contribution is 0.577. The predicted octanol–water partition coefficient (Wildman–Crippen LogP) is 1.71. The van der Waals surface area contributed by atoms with E-state index >= 15 is 0 Å². The van der Waals surface area contributed by atoms with Gasteiger partial charge in [-0.25, -0.2) is 17.9 Å². The number of imidazole rings is 1. The number of rotatable bonds is 8. The molecule has 0 aliphatic heterocycles. The third-order valence-corrected chi connectivity index (χ3v) is 6.25. The van der Waals surface area contributed by atoms with Crippen LogP contribution in [0.3, 0.4) is 0 Å². The second kappa shape index (κ2) is 9.20. The molecule has 4 rings (SSSR count). The number of nitrogens with zero attached hydrogens (tertiary/aromatic N) is 4. The van der Waals surface area contributed by atoms with Crippen LogP contribution >= 0.6 is 0 Å². The van der Waals surface area contributed by atoms with Gasteiger partial charge in [0.05, 0.1) is 34.7 Å². The highest BCUT2D eigenvalue weighted by atomic mass is 32.2. The lowest BCUT2D eigenvalue weighted by atomic mass is 10.0. The normalized spacial score (nSPS) is 12.4. The lowest BCUT2D eigenvalue weighted by Crippen LogP contribution is -2.30. The van der Waals surface area contributed by atoms with Crippen molar-refractivity contribution in [2.75, 3.05) is 19.8 Å². The van der Waals surface area contributed by atoms with Crippen LogP contribution in [0.15, 0.2) is 53.7 Å². The van der Waals surface area contributed by atoms with Crippen molar-refractivity contribution in [3.8, 4) is 11.1 Å². The number of benzene rings is 1. The second-order valence-corrected chi connectivity index (χ2v) is 9.68. The minimum Gasteiger partial charge on any atom is -0.393 e. The van der Waals surface area contributed by atoms with Gasteiger partial charge >= 0.3 is 5.69 Å². The van der Waals surface area contributed by atoms with Crippen molar-refractivity contribution in [1.82, 2.24) is 29.1 Å². The Balaban J connectivity index is 1.82. The average molecular weight is 480 g/mol. The third kappa shape index (κ3) is 4.47. The Kier molecular flexibility index (Phi) is 6.31. The molecule has 0 atom stereocenters. The summed E-state index contributed by atoms with van der Waals surface area (Å²) in [6.45, 7) is 0.287. The van der Waals surface area contributed by atoms with Crippen LogP contribution in [0.1, 0.15) is 5.69 Å². The zero-order chi connectivity index (χ0) is 24.5. The number of allylic oxidation sites excluding steroid dienone is 1. The molecule has 3 N–H and O–H groups in total. The van der Waals surface area contributed by atoms with Gasteiger partial charge in [0, 0.05) is 62.3 Å². The quantitative estimate of drug-likeness (QED) is 0.329. The van der Waals surface area contributed by atoms with Gasteiger partial charge in [-0.1, -0.05) is 12.1 Å². The summed E-state index contributed by atoms with van der Waals surface area (Å²) in [7, 11) is 0.0697.